The van der Waals surface area contributed by atoms with E-state index in [1.165, 1.54) is 0 Å². The van der Waals surface area contributed by atoms with Crippen LogP contribution in [-0.4, -0.2) is 12.3 Å². The van der Waals surface area contributed by atoms with Crippen molar-refractivity contribution < 1.29 is 9.26 Å². The van der Waals surface area contributed by atoms with Crippen LogP contribution in [0.1, 0.15) is 11.3 Å². The Balaban J connectivity index is 1.89. The first-order chi connectivity index (χ1) is 7.90. The Morgan fingerprint density at radius 3 is 2.88 bits per heavy atom. The summed E-state index contributed by atoms with van der Waals surface area (Å²) in [6.45, 7) is 1.44. The Morgan fingerprint density at radius 1 is 1.25 bits per heavy atom. The zero-order chi connectivity index (χ0) is 11.2. The molecule has 0 saturated carbocycles. The fourth-order valence-corrected chi connectivity index (χ4v) is 1.50. The SMILES string of the molecule is COc1ccccc1CNCc1ccon1. The van der Waals surface area contributed by atoms with E-state index < -0.39 is 0 Å². The van der Waals surface area contributed by atoms with Crippen molar-refractivity contribution in [2.45, 2.75) is 13.1 Å². The monoisotopic (exact) mass is 218 g/mol. The van der Waals surface area contributed by atoms with Gasteiger partial charge in [-0.2, -0.15) is 0 Å². The van der Waals surface area contributed by atoms with E-state index in [1.807, 2.05) is 30.3 Å². The first-order valence-electron chi connectivity index (χ1n) is 5.12. The molecular weight excluding hydrogens is 204 g/mol. The van der Waals surface area contributed by atoms with Crippen molar-refractivity contribution in [3.63, 3.8) is 0 Å². The van der Waals surface area contributed by atoms with Gasteiger partial charge >= 0.3 is 0 Å². The van der Waals surface area contributed by atoms with Crippen LogP contribution in [0.4, 0.5) is 0 Å². The molecule has 0 aliphatic heterocycles. The zero-order valence-electron chi connectivity index (χ0n) is 9.14. The van der Waals surface area contributed by atoms with Gasteiger partial charge in [-0.15, -0.1) is 0 Å². The van der Waals surface area contributed by atoms with Gasteiger partial charge in [0.15, 0.2) is 0 Å². The molecule has 0 radical (unpaired) electrons. The highest BCUT2D eigenvalue weighted by atomic mass is 16.5. The lowest BCUT2D eigenvalue weighted by Crippen LogP contribution is -2.13. The van der Waals surface area contributed by atoms with E-state index in [0.29, 0.717) is 6.54 Å². The van der Waals surface area contributed by atoms with E-state index in [2.05, 4.69) is 10.5 Å². The Labute approximate surface area is 94.2 Å². The first kappa shape index (κ1) is 10.7. The van der Waals surface area contributed by atoms with Gasteiger partial charge in [0.1, 0.15) is 12.0 Å². The minimum Gasteiger partial charge on any atom is -0.496 e. The van der Waals surface area contributed by atoms with Crippen LogP contribution >= 0.6 is 0 Å². The smallest absolute Gasteiger partial charge is 0.124 e. The Morgan fingerprint density at radius 2 is 2.12 bits per heavy atom. The van der Waals surface area contributed by atoms with Crippen molar-refractivity contribution >= 4 is 0 Å². The molecule has 1 heterocycles. The summed E-state index contributed by atoms with van der Waals surface area (Å²) >= 11 is 0. The molecule has 0 aliphatic carbocycles. The van der Waals surface area contributed by atoms with Gasteiger partial charge in [-0.25, -0.2) is 0 Å². The molecule has 0 amide bonds. The summed E-state index contributed by atoms with van der Waals surface area (Å²) in [6, 6.07) is 9.78. The Kier molecular flexibility index (Phi) is 3.56. The average molecular weight is 218 g/mol. The van der Waals surface area contributed by atoms with E-state index in [1.54, 1.807) is 13.4 Å². The van der Waals surface area contributed by atoms with E-state index in [4.69, 9.17) is 9.26 Å². The molecule has 0 atom stereocenters. The number of benzene rings is 1. The number of methoxy groups -OCH3 is 1. The van der Waals surface area contributed by atoms with Gasteiger partial charge in [0.05, 0.1) is 12.8 Å². The summed E-state index contributed by atoms with van der Waals surface area (Å²) in [5, 5.41) is 7.10. The van der Waals surface area contributed by atoms with Crippen LogP contribution in [0.5, 0.6) is 5.75 Å². The second kappa shape index (κ2) is 5.32. The Hall–Kier alpha value is -1.81. The van der Waals surface area contributed by atoms with Crippen molar-refractivity contribution in [3.05, 3.63) is 47.9 Å². The zero-order valence-corrected chi connectivity index (χ0v) is 9.14. The van der Waals surface area contributed by atoms with Crippen molar-refractivity contribution in [2.24, 2.45) is 0 Å². The molecular formula is C12H14N2O2. The maximum Gasteiger partial charge on any atom is 0.124 e. The molecule has 4 nitrogen and oxygen atoms in total. The predicted molar refractivity (Wildman–Crippen MR) is 60.0 cm³/mol. The van der Waals surface area contributed by atoms with Crippen LogP contribution in [0.15, 0.2) is 41.1 Å². The van der Waals surface area contributed by atoms with Crippen molar-refractivity contribution in [3.8, 4) is 5.75 Å². The van der Waals surface area contributed by atoms with E-state index in [-0.39, 0.29) is 0 Å². The van der Waals surface area contributed by atoms with E-state index >= 15 is 0 Å². The minimum atomic E-state index is 0.689. The van der Waals surface area contributed by atoms with Gasteiger partial charge in [0, 0.05) is 24.7 Å². The molecule has 1 aromatic carbocycles. The number of rotatable bonds is 5. The molecule has 84 valence electrons. The topological polar surface area (TPSA) is 47.3 Å². The molecule has 2 rings (SSSR count). The molecule has 0 fully saturated rings. The molecule has 2 aromatic rings. The van der Waals surface area contributed by atoms with Gasteiger partial charge in [-0.1, -0.05) is 23.4 Å². The lowest BCUT2D eigenvalue weighted by atomic mass is 10.2. The van der Waals surface area contributed by atoms with Gasteiger partial charge in [-0.05, 0) is 6.07 Å². The highest BCUT2D eigenvalue weighted by Gasteiger charge is 2.01. The normalized spacial score (nSPS) is 10.3. The molecule has 1 N–H and O–H groups in total. The molecule has 0 spiro atoms. The molecule has 16 heavy (non-hydrogen) atoms. The number of aromatic nitrogens is 1. The quantitative estimate of drug-likeness (QED) is 0.833. The van der Waals surface area contributed by atoms with E-state index in [0.717, 1.165) is 23.6 Å². The molecule has 0 unspecified atom stereocenters. The largest absolute Gasteiger partial charge is 0.496 e. The molecule has 0 aliphatic rings. The van der Waals surface area contributed by atoms with Crippen LogP contribution in [0.3, 0.4) is 0 Å². The van der Waals surface area contributed by atoms with Crippen LogP contribution < -0.4 is 10.1 Å². The van der Waals surface area contributed by atoms with Crippen LogP contribution in [-0.2, 0) is 13.1 Å². The highest BCUT2D eigenvalue weighted by Crippen LogP contribution is 2.16. The fraction of sp³-hybridized carbons (Fsp3) is 0.250. The lowest BCUT2D eigenvalue weighted by molar-refractivity contribution is 0.403. The number of ether oxygens (including phenoxy) is 1. The number of para-hydroxylation sites is 1. The number of nitrogens with one attached hydrogen (secondary N) is 1. The standard InChI is InChI=1S/C12H14N2O2/c1-15-12-5-3-2-4-10(12)8-13-9-11-6-7-16-14-11/h2-7,13H,8-9H2,1H3. The molecule has 0 saturated heterocycles. The minimum absolute atomic E-state index is 0.689. The van der Waals surface area contributed by atoms with Crippen molar-refractivity contribution in [2.75, 3.05) is 7.11 Å². The summed E-state index contributed by atoms with van der Waals surface area (Å²) in [7, 11) is 1.68. The number of hydrogen-bond acceptors (Lipinski definition) is 4. The number of nitrogens with zero attached hydrogens (tertiary/aromatic N) is 1. The van der Waals surface area contributed by atoms with Crippen molar-refractivity contribution in [1.29, 1.82) is 0 Å². The third-order valence-corrected chi connectivity index (χ3v) is 2.31. The van der Waals surface area contributed by atoms with Gasteiger partial charge < -0.3 is 14.6 Å². The predicted octanol–water partition coefficient (Wildman–Crippen LogP) is 1.97. The van der Waals surface area contributed by atoms with Crippen molar-refractivity contribution in [1.82, 2.24) is 10.5 Å². The summed E-state index contributed by atoms with van der Waals surface area (Å²) in [6.07, 6.45) is 1.57. The maximum absolute atomic E-state index is 5.26. The maximum atomic E-state index is 5.26. The lowest BCUT2D eigenvalue weighted by Gasteiger charge is -2.08. The summed E-state index contributed by atoms with van der Waals surface area (Å²) < 4.78 is 10.0. The van der Waals surface area contributed by atoms with Gasteiger partial charge in [0.25, 0.3) is 0 Å². The summed E-state index contributed by atoms with van der Waals surface area (Å²) in [5.41, 5.74) is 2.03. The van der Waals surface area contributed by atoms with E-state index in [9.17, 15) is 0 Å². The number of hydrogen-bond donors (Lipinski definition) is 1. The summed E-state index contributed by atoms with van der Waals surface area (Å²) in [4.78, 5) is 0. The van der Waals surface area contributed by atoms with Gasteiger partial charge in [0.2, 0.25) is 0 Å². The van der Waals surface area contributed by atoms with Gasteiger partial charge in [-0.3, -0.25) is 0 Å². The Bertz CT molecular complexity index is 426. The highest BCUT2D eigenvalue weighted by molar-refractivity contribution is 5.32. The molecule has 0 bridgehead atoms. The van der Waals surface area contributed by atoms with Crippen LogP contribution in [0.25, 0.3) is 0 Å². The second-order valence-corrected chi connectivity index (χ2v) is 3.41. The fourth-order valence-electron chi connectivity index (χ4n) is 1.50. The van der Waals surface area contributed by atoms with Crippen LogP contribution in [0.2, 0.25) is 0 Å². The molecule has 1 aromatic heterocycles. The van der Waals surface area contributed by atoms with Crippen LogP contribution in [0, 0.1) is 0 Å². The second-order valence-electron chi connectivity index (χ2n) is 3.41. The third-order valence-electron chi connectivity index (χ3n) is 2.31. The summed E-state index contributed by atoms with van der Waals surface area (Å²) in [5.74, 6) is 0.898. The third kappa shape index (κ3) is 2.61. The molecule has 4 heteroatoms. The first-order valence-corrected chi connectivity index (χ1v) is 5.12. The average Bonchev–Trinajstić information content (AvgIpc) is 2.83.